The number of benzene rings is 1. The number of hydrogen-bond acceptors (Lipinski definition) is 3. The number of methoxy groups -OCH3 is 1. The second kappa shape index (κ2) is 6.26. The fraction of sp³-hybridized carbons (Fsp3) is 0.333. The summed E-state index contributed by atoms with van der Waals surface area (Å²) < 4.78 is 5.04. The normalized spacial score (nSPS) is 11.7. The molecule has 1 aromatic carbocycles. The van der Waals surface area contributed by atoms with Crippen LogP contribution in [0, 0.1) is 5.92 Å². The predicted molar refractivity (Wildman–Crippen MR) is 67.1 cm³/mol. The first-order chi connectivity index (χ1) is 8.45. The number of halogens is 1. The maximum atomic E-state index is 11.8. The van der Waals surface area contributed by atoms with Crippen molar-refractivity contribution in [2.24, 2.45) is 5.92 Å². The topological polar surface area (TPSA) is 75.6 Å². The van der Waals surface area contributed by atoms with Crippen LogP contribution in [0.2, 0.25) is 5.02 Å². The number of carboxylic acid groups (broad SMARTS) is 1. The van der Waals surface area contributed by atoms with E-state index in [1.807, 2.05) is 0 Å². The summed E-state index contributed by atoms with van der Waals surface area (Å²) in [5, 5.41) is 11.7. The molecule has 0 aliphatic heterocycles. The van der Waals surface area contributed by atoms with E-state index in [0.717, 1.165) is 0 Å². The van der Waals surface area contributed by atoms with Crippen molar-refractivity contribution in [3.05, 3.63) is 28.8 Å². The number of carbonyl (C=O) groups is 2. The maximum Gasteiger partial charge on any atom is 0.308 e. The van der Waals surface area contributed by atoms with Crippen molar-refractivity contribution in [3.63, 3.8) is 0 Å². The Bertz CT molecular complexity index is 461. The van der Waals surface area contributed by atoms with Crippen molar-refractivity contribution in [2.45, 2.75) is 6.92 Å². The molecule has 0 fully saturated rings. The monoisotopic (exact) mass is 271 g/mol. The molecule has 18 heavy (non-hydrogen) atoms. The van der Waals surface area contributed by atoms with E-state index >= 15 is 0 Å². The SMILES string of the molecule is COc1cc(Cl)ccc1C(=O)NCC(C)C(=O)O. The van der Waals surface area contributed by atoms with Gasteiger partial charge in [-0.05, 0) is 18.2 Å². The van der Waals surface area contributed by atoms with E-state index in [1.165, 1.54) is 26.2 Å². The van der Waals surface area contributed by atoms with Gasteiger partial charge in [0, 0.05) is 11.6 Å². The number of rotatable bonds is 5. The van der Waals surface area contributed by atoms with Gasteiger partial charge in [0.2, 0.25) is 0 Å². The smallest absolute Gasteiger partial charge is 0.308 e. The highest BCUT2D eigenvalue weighted by atomic mass is 35.5. The fourth-order valence-electron chi connectivity index (χ4n) is 1.28. The highest BCUT2D eigenvalue weighted by Gasteiger charge is 2.16. The molecule has 1 aromatic rings. The molecule has 1 amide bonds. The molecule has 6 heteroatoms. The number of carboxylic acids is 1. The average molecular weight is 272 g/mol. The Hall–Kier alpha value is -1.75. The predicted octanol–water partition coefficient (Wildman–Crippen LogP) is 1.80. The minimum atomic E-state index is -0.960. The number of hydrogen-bond donors (Lipinski definition) is 2. The van der Waals surface area contributed by atoms with Gasteiger partial charge in [0.1, 0.15) is 5.75 Å². The average Bonchev–Trinajstić information content (AvgIpc) is 2.34. The van der Waals surface area contributed by atoms with Crippen molar-refractivity contribution in [1.29, 1.82) is 0 Å². The molecule has 0 saturated heterocycles. The lowest BCUT2D eigenvalue weighted by atomic mass is 10.1. The molecule has 0 saturated carbocycles. The van der Waals surface area contributed by atoms with Crippen molar-refractivity contribution in [3.8, 4) is 5.75 Å². The lowest BCUT2D eigenvalue weighted by molar-refractivity contribution is -0.140. The number of amides is 1. The van der Waals surface area contributed by atoms with Crippen LogP contribution in [-0.2, 0) is 4.79 Å². The summed E-state index contributed by atoms with van der Waals surface area (Å²) in [6.45, 7) is 1.57. The van der Waals surface area contributed by atoms with Gasteiger partial charge >= 0.3 is 5.97 Å². The molecule has 0 heterocycles. The largest absolute Gasteiger partial charge is 0.496 e. The Balaban J connectivity index is 2.75. The summed E-state index contributed by atoms with van der Waals surface area (Å²) in [7, 11) is 1.43. The summed E-state index contributed by atoms with van der Waals surface area (Å²) in [6, 6.07) is 4.62. The first-order valence-electron chi connectivity index (χ1n) is 5.30. The van der Waals surface area contributed by atoms with E-state index in [2.05, 4.69) is 5.32 Å². The van der Waals surface area contributed by atoms with E-state index in [-0.39, 0.29) is 6.54 Å². The Morgan fingerprint density at radius 3 is 2.72 bits per heavy atom. The van der Waals surface area contributed by atoms with Crippen molar-refractivity contribution < 1.29 is 19.4 Å². The molecule has 0 aromatic heterocycles. The summed E-state index contributed by atoms with van der Waals surface area (Å²) >= 11 is 5.78. The highest BCUT2D eigenvalue weighted by Crippen LogP contribution is 2.22. The molecule has 0 bridgehead atoms. The molecule has 0 radical (unpaired) electrons. The zero-order chi connectivity index (χ0) is 13.7. The Morgan fingerprint density at radius 2 is 2.17 bits per heavy atom. The minimum absolute atomic E-state index is 0.0555. The molecule has 0 spiro atoms. The fourth-order valence-corrected chi connectivity index (χ4v) is 1.44. The Labute approximate surface area is 110 Å². The van der Waals surface area contributed by atoms with Crippen molar-refractivity contribution in [2.75, 3.05) is 13.7 Å². The van der Waals surface area contributed by atoms with Gasteiger partial charge in [0.25, 0.3) is 5.91 Å². The molecular formula is C12H14ClNO4. The van der Waals surface area contributed by atoms with Gasteiger partial charge in [0.15, 0.2) is 0 Å². The van der Waals surface area contributed by atoms with Crippen LogP contribution in [0.4, 0.5) is 0 Å². The van der Waals surface area contributed by atoms with Crippen LogP contribution in [0.1, 0.15) is 17.3 Å². The number of ether oxygens (including phenoxy) is 1. The van der Waals surface area contributed by atoms with Gasteiger partial charge in [-0.1, -0.05) is 18.5 Å². The van der Waals surface area contributed by atoms with Gasteiger partial charge in [-0.25, -0.2) is 0 Å². The van der Waals surface area contributed by atoms with Crippen LogP contribution in [0.3, 0.4) is 0 Å². The van der Waals surface area contributed by atoms with Crippen LogP contribution >= 0.6 is 11.6 Å². The van der Waals surface area contributed by atoms with Gasteiger partial charge in [0.05, 0.1) is 18.6 Å². The van der Waals surface area contributed by atoms with E-state index in [1.54, 1.807) is 6.07 Å². The first kappa shape index (κ1) is 14.3. The molecule has 0 aliphatic rings. The van der Waals surface area contributed by atoms with Crippen molar-refractivity contribution >= 4 is 23.5 Å². The molecule has 1 rings (SSSR count). The van der Waals surface area contributed by atoms with Gasteiger partial charge in [-0.2, -0.15) is 0 Å². The maximum absolute atomic E-state index is 11.8. The van der Waals surface area contributed by atoms with E-state index in [9.17, 15) is 9.59 Å². The lowest BCUT2D eigenvalue weighted by Gasteiger charge is -2.11. The third-order valence-electron chi connectivity index (χ3n) is 2.40. The van der Waals surface area contributed by atoms with Gasteiger partial charge in [-0.3, -0.25) is 9.59 Å². The summed E-state index contributed by atoms with van der Waals surface area (Å²) in [5.41, 5.74) is 0.319. The van der Waals surface area contributed by atoms with Crippen LogP contribution in [-0.4, -0.2) is 30.6 Å². The van der Waals surface area contributed by atoms with E-state index < -0.39 is 17.8 Å². The standard InChI is InChI=1S/C12H14ClNO4/c1-7(12(16)17)6-14-11(15)9-4-3-8(13)5-10(9)18-2/h3-5,7H,6H2,1-2H3,(H,14,15)(H,16,17). The molecular weight excluding hydrogens is 258 g/mol. The molecule has 98 valence electrons. The van der Waals surface area contributed by atoms with Gasteiger partial charge in [-0.15, -0.1) is 0 Å². The number of nitrogens with one attached hydrogen (secondary N) is 1. The molecule has 0 aliphatic carbocycles. The zero-order valence-corrected chi connectivity index (χ0v) is 10.8. The highest BCUT2D eigenvalue weighted by molar-refractivity contribution is 6.30. The third-order valence-corrected chi connectivity index (χ3v) is 2.63. The summed E-state index contributed by atoms with van der Waals surface area (Å²) in [6.07, 6.45) is 0. The Kier molecular flexibility index (Phi) is 4.97. The third kappa shape index (κ3) is 3.63. The second-order valence-electron chi connectivity index (χ2n) is 3.79. The van der Waals surface area contributed by atoms with Crippen LogP contribution in [0.15, 0.2) is 18.2 Å². The summed E-state index contributed by atoms with van der Waals surface area (Å²) in [4.78, 5) is 22.5. The van der Waals surface area contributed by atoms with E-state index in [0.29, 0.717) is 16.3 Å². The molecule has 5 nitrogen and oxygen atoms in total. The molecule has 1 unspecified atom stereocenters. The van der Waals surface area contributed by atoms with Crippen LogP contribution < -0.4 is 10.1 Å². The van der Waals surface area contributed by atoms with Crippen LogP contribution in [0.5, 0.6) is 5.75 Å². The number of carbonyl (C=O) groups excluding carboxylic acids is 1. The van der Waals surface area contributed by atoms with Gasteiger partial charge < -0.3 is 15.2 Å². The van der Waals surface area contributed by atoms with Crippen molar-refractivity contribution in [1.82, 2.24) is 5.32 Å². The first-order valence-corrected chi connectivity index (χ1v) is 5.68. The molecule has 2 N–H and O–H groups in total. The van der Waals surface area contributed by atoms with Crippen LogP contribution in [0.25, 0.3) is 0 Å². The zero-order valence-electron chi connectivity index (χ0n) is 10.1. The second-order valence-corrected chi connectivity index (χ2v) is 4.23. The quantitative estimate of drug-likeness (QED) is 0.856. The Morgan fingerprint density at radius 1 is 1.50 bits per heavy atom. The minimum Gasteiger partial charge on any atom is -0.496 e. The number of aliphatic carboxylic acids is 1. The lowest BCUT2D eigenvalue weighted by Crippen LogP contribution is -2.31. The molecule has 1 atom stereocenters. The summed E-state index contributed by atoms with van der Waals surface area (Å²) in [5.74, 6) is -1.65. The van der Waals surface area contributed by atoms with E-state index in [4.69, 9.17) is 21.4 Å².